The van der Waals surface area contributed by atoms with E-state index in [1.54, 1.807) is 18.0 Å². The van der Waals surface area contributed by atoms with Crippen molar-refractivity contribution in [1.82, 2.24) is 4.48 Å². The van der Waals surface area contributed by atoms with Crippen LogP contribution >= 0.6 is 0 Å². The zero-order chi connectivity index (χ0) is 16.9. The lowest BCUT2D eigenvalue weighted by atomic mass is 9.95. The van der Waals surface area contributed by atoms with Crippen LogP contribution in [-0.2, 0) is 17.8 Å². The van der Waals surface area contributed by atoms with Crippen LogP contribution in [-0.4, -0.2) is 31.0 Å². The highest BCUT2D eigenvalue weighted by atomic mass is 16.6. The van der Waals surface area contributed by atoms with E-state index in [2.05, 4.69) is 12.1 Å². The van der Waals surface area contributed by atoms with Crippen LogP contribution in [0.4, 0.5) is 17.1 Å². The third kappa shape index (κ3) is 2.11. The lowest BCUT2D eigenvalue weighted by Gasteiger charge is -2.46. The molecule has 0 saturated carbocycles. The molecule has 0 saturated heterocycles. The second-order valence-electron chi connectivity index (χ2n) is 6.59. The Morgan fingerprint density at radius 1 is 1.12 bits per heavy atom. The predicted molar refractivity (Wildman–Crippen MR) is 91.9 cm³/mol. The lowest BCUT2D eigenvalue weighted by Crippen LogP contribution is -2.60. The predicted octanol–water partition coefficient (Wildman–Crippen LogP) is 2.63. The van der Waals surface area contributed by atoms with E-state index in [0.29, 0.717) is 16.7 Å². The summed E-state index contributed by atoms with van der Waals surface area (Å²) in [5.74, 6) is 0.00220. The summed E-state index contributed by atoms with van der Waals surface area (Å²) in [6.07, 6.45) is 0.906. The van der Waals surface area contributed by atoms with Crippen molar-refractivity contribution in [2.24, 2.45) is 0 Å². The summed E-state index contributed by atoms with van der Waals surface area (Å²) in [7, 11) is 1.69. The fourth-order valence-electron chi connectivity index (χ4n) is 3.92. The van der Waals surface area contributed by atoms with Gasteiger partial charge in [-0.05, 0) is 5.56 Å². The Morgan fingerprint density at radius 2 is 1.88 bits per heavy atom. The van der Waals surface area contributed by atoms with Gasteiger partial charge in [-0.25, -0.2) is 0 Å². The van der Waals surface area contributed by atoms with Gasteiger partial charge in [0.25, 0.3) is 11.6 Å². The maximum atomic E-state index is 12.6. The van der Waals surface area contributed by atoms with Crippen molar-refractivity contribution in [2.45, 2.75) is 13.0 Å². The van der Waals surface area contributed by atoms with E-state index in [4.69, 9.17) is 0 Å². The molecule has 122 valence electrons. The number of rotatable bonds is 1. The van der Waals surface area contributed by atoms with E-state index in [-0.39, 0.29) is 11.6 Å². The number of hydrogen-bond donors (Lipinski definition) is 0. The van der Waals surface area contributed by atoms with Crippen molar-refractivity contribution in [3.05, 3.63) is 63.7 Å². The van der Waals surface area contributed by atoms with Gasteiger partial charge in [-0.1, -0.05) is 24.3 Å². The molecule has 4 rings (SSSR count). The van der Waals surface area contributed by atoms with Crippen molar-refractivity contribution in [2.75, 3.05) is 25.0 Å². The summed E-state index contributed by atoms with van der Waals surface area (Å²) in [6.45, 7) is 1.98. The van der Waals surface area contributed by atoms with Crippen molar-refractivity contribution in [3.63, 3.8) is 0 Å². The molecule has 0 aliphatic carbocycles. The number of carbonyl (C=O) groups is 1. The Kier molecular flexibility index (Phi) is 3.18. The van der Waals surface area contributed by atoms with E-state index >= 15 is 0 Å². The molecule has 0 aromatic heterocycles. The van der Waals surface area contributed by atoms with Gasteiger partial charge in [-0.2, -0.15) is 0 Å². The van der Waals surface area contributed by atoms with Gasteiger partial charge < -0.3 is 4.90 Å². The monoisotopic (exact) mass is 324 g/mol. The van der Waals surface area contributed by atoms with E-state index in [1.165, 1.54) is 17.2 Å². The van der Waals surface area contributed by atoms with Gasteiger partial charge in [-0.3, -0.25) is 19.4 Å². The van der Waals surface area contributed by atoms with Gasteiger partial charge in [-0.15, -0.1) is 0 Å². The Morgan fingerprint density at radius 3 is 2.62 bits per heavy atom. The largest absolute Gasteiger partial charge is 0.305 e. The smallest absolute Gasteiger partial charge is 0.282 e. The zero-order valence-corrected chi connectivity index (χ0v) is 13.4. The molecule has 0 N–H and O–H groups in total. The molecule has 2 aliphatic rings. The molecule has 0 fully saturated rings. The fourth-order valence-corrected chi connectivity index (χ4v) is 3.92. The number of nitro groups is 1. The van der Waals surface area contributed by atoms with Crippen LogP contribution in [0.5, 0.6) is 0 Å². The number of fused-ring (bicyclic) bond motifs is 3. The first-order chi connectivity index (χ1) is 11.5. The third-order valence-electron chi connectivity index (χ3n) is 5.25. The van der Waals surface area contributed by atoms with Crippen LogP contribution in [0.2, 0.25) is 0 Å². The van der Waals surface area contributed by atoms with Crippen molar-refractivity contribution >= 4 is 23.0 Å². The van der Waals surface area contributed by atoms with E-state index in [1.807, 2.05) is 18.2 Å². The number of likely N-dealkylation sites (N-methyl/N-ethyl adjacent to an activating group) is 1. The van der Waals surface area contributed by atoms with Gasteiger partial charge in [0.2, 0.25) is 0 Å². The molecule has 24 heavy (non-hydrogen) atoms. The molecule has 6 heteroatoms. The van der Waals surface area contributed by atoms with Crippen molar-refractivity contribution in [1.29, 1.82) is 0 Å². The Balaban J connectivity index is 1.86. The molecular formula is C18H18N3O3+. The minimum absolute atomic E-state index is 0.00220. The Bertz CT molecular complexity index is 864. The number of non-ortho nitro benzene ring substituents is 1. The maximum Gasteiger partial charge on any atom is 0.282 e. The van der Waals surface area contributed by atoms with Gasteiger partial charge in [0.1, 0.15) is 12.2 Å². The molecule has 1 amide bonds. The summed E-state index contributed by atoms with van der Waals surface area (Å²) in [5.41, 5.74) is 4.25. The van der Waals surface area contributed by atoms with Crippen LogP contribution in [0, 0.1) is 10.1 Å². The number of hydrogen-bond acceptors (Lipinski definition) is 3. The first-order valence-corrected chi connectivity index (χ1v) is 7.99. The van der Waals surface area contributed by atoms with Crippen LogP contribution in [0.3, 0.4) is 0 Å². The fraction of sp³-hybridized carbons (Fsp3) is 0.278. The summed E-state index contributed by atoms with van der Waals surface area (Å²) in [5, 5.41) is 11.1. The molecular weight excluding hydrogens is 306 g/mol. The van der Waals surface area contributed by atoms with Crippen LogP contribution < -0.4 is 9.38 Å². The summed E-state index contributed by atoms with van der Waals surface area (Å²) in [6, 6.07) is 13.2. The zero-order valence-electron chi connectivity index (χ0n) is 13.4. The number of quaternary nitrogens is 1. The first kappa shape index (κ1) is 14.8. The van der Waals surface area contributed by atoms with Crippen molar-refractivity contribution < 1.29 is 9.72 Å². The number of nitro benzene ring substituents is 1. The van der Waals surface area contributed by atoms with Gasteiger partial charge in [0, 0.05) is 37.2 Å². The summed E-state index contributed by atoms with van der Waals surface area (Å²) >= 11 is 0. The topological polar surface area (TPSA) is 63.5 Å². The van der Waals surface area contributed by atoms with E-state index < -0.39 is 4.92 Å². The van der Waals surface area contributed by atoms with Crippen LogP contribution in [0.15, 0.2) is 42.5 Å². The molecule has 6 nitrogen and oxygen atoms in total. The molecule has 2 aromatic carbocycles. The molecule has 1 unspecified atom stereocenters. The number of anilines is 1. The molecule has 2 aliphatic heterocycles. The molecule has 1 spiro atoms. The van der Waals surface area contributed by atoms with Crippen LogP contribution in [0.25, 0.3) is 0 Å². The molecule has 1 atom stereocenters. The minimum Gasteiger partial charge on any atom is -0.305 e. The minimum atomic E-state index is -0.414. The second-order valence-corrected chi connectivity index (χ2v) is 6.59. The first-order valence-electron chi connectivity index (χ1n) is 7.99. The Hall–Kier alpha value is -2.73. The van der Waals surface area contributed by atoms with E-state index in [0.717, 1.165) is 25.2 Å². The van der Waals surface area contributed by atoms with Gasteiger partial charge in [0.05, 0.1) is 11.5 Å². The summed E-state index contributed by atoms with van der Waals surface area (Å²) < 4.78 is 0.549. The SMILES string of the molecule is CN1C(=O)C[N+]2(CCc3ccccc3C2)c2ccc([N+](=O)[O-])cc21. The normalized spacial score (nSPS) is 22.2. The highest BCUT2D eigenvalue weighted by Crippen LogP contribution is 2.43. The quantitative estimate of drug-likeness (QED) is 0.460. The molecule has 0 radical (unpaired) electrons. The highest BCUT2D eigenvalue weighted by Gasteiger charge is 2.44. The number of amides is 1. The molecule has 2 heterocycles. The second kappa shape index (κ2) is 5.14. The standard InChI is InChI=1S/C18H18N3O3/c1-19-16-10-15(20(23)24)6-7-17(16)21(12-18(19)22)9-8-13-4-2-3-5-14(13)11-21/h2-7,10H,8-9,11-12H2,1H3/q+1. The number of nitrogens with zero attached hydrogens (tertiary/aromatic N) is 3. The average molecular weight is 324 g/mol. The highest BCUT2D eigenvalue weighted by molar-refractivity contribution is 6.02. The van der Waals surface area contributed by atoms with Gasteiger partial charge >= 0.3 is 0 Å². The van der Waals surface area contributed by atoms with Crippen LogP contribution in [0.1, 0.15) is 11.1 Å². The molecule has 0 bridgehead atoms. The number of benzene rings is 2. The van der Waals surface area contributed by atoms with E-state index in [9.17, 15) is 14.9 Å². The van der Waals surface area contributed by atoms with Gasteiger partial charge in [0.15, 0.2) is 12.2 Å². The summed E-state index contributed by atoms with van der Waals surface area (Å²) in [4.78, 5) is 24.8. The molecule has 2 aromatic rings. The Labute approximate surface area is 139 Å². The number of carbonyl (C=O) groups excluding carboxylic acids is 1. The van der Waals surface area contributed by atoms with Crippen molar-refractivity contribution in [3.8, 4) is 0 Å². The maximum absolute atomic E-state index is 12.6. The average Bonchev–Trinajstić information content (AvgIpc) is 2.59. The lowest BCUT2D eigenvalue weighted by molar-refractivity contribution is -0.384. The third-order valence-corrected chi connectivity index (χ3v) is 5.25.